The zero-order valence-corrected chi connectivity index (χ0v) is 15.5. The Hall–Kier alpha value is -0.640. The first-order valence-electron chi connectivity index (χ1n) is 7.29. The van der Waals surface area contributed by atoms with E-state index < -0.39 is 0 Å². The molecular weight excluding hydrogens is 374 g/mol. The van der Waals surface area contributed by atoms with Gasteiger partial charge in [-0.25, -0.2) is 0 Å². The van der Waals surface area contributed by atoms with Gasteiger partial charge in [0.15, 0.2) is 0 Å². The average molecular weight is 392 g/mol. The van der Waals surface area contributed by atoms with Crippen molar-refractivity contribution in [2.24, 2.45) is 0 Å². The van der Waals surface area contributed by atoms with E-state index in [-0.39, 0.29) is 12.4 Å². The van der Waals surface area contributed by atoms with Gasteiger partial charge in [-0.2, -0.15) is 0 Å². The quantitative estimate of drug-likeness (QED) is 0.746. The maximum atomic E-state index is 6.21. The summed E-state index contributed by atoms with van der Waals surface area (Å²) in [6.45, 7) is 2.80. The SMILES string of the molecule is Cl.Clc1ccc(N2CC[C@H](NCc3ccc(Cl)cc3Cl)C2)cc1. The van der Waals surface area contributed by atoms with Crippen LogP contribution in [-0.2, 0) is 6.54 Å². The predicted octanol–water partition coefficient (Wildman–Crippen LogP) is 5.44. The highest BCUT2D eigenvalue weighted by Gasteiger charge is 2.22. The largest absolute Gasteiger partial charge is 0.370 e. The van der Waals surface area contributed by atoms with E-state index in [1.165, 1.54) is 5.69 Å². The minimum Gasteiger partial charge on any atom is -0.370 e. The van der Waals surface area contributed by atoms with Gasteiger partial charge >= 0.3 is 0 Å². The first-order chi connectivity index (χ1) is 10.6. The Balaban J connectivity index is 0.00000192. The maximum Gasteiger partial charge on any atom is 0.0465 e. The van der Waals surface area contributed by atoms with Gasteiger partial charge in [-0.15, -0.1) is 12.4 Å². The zero-order valence-electron chi connectivity index (χ0n) is 12.4. The molecule has 1 N–H and O–H groups in total. The van der Waals surface area contributed by atoms with Crippen LogP contribution in [0.25, 0.3) is 0 Å². The van der Waals surface area contributed by atoms with Crippen molar-refractivity contribution in [2.45, 2.75) is 19.0 Å². The molecule has 1 fully saturated rings. The van der Waals surface area contributed by atoms with Gasteiger partial charge in [0, 0.05) is 46.4 Å². The molecule has 0 unspecified atom stereocenters. The van der Waals surface area contributed by atoms with Crippen molar-refractivity contribution in [3.8, 4) is 0 Å². The van der Waals surface area contributed by atoms with Gasteiger partial charge in [0.2, 0.25) is 0 Å². The number of anilines is 1. The predicted molar refractivity (Wildman–Crippen MR) is 103 cm³/mol. The van der Waals surface area contributed by atoms with Crippen LogP contribution in [0.2, 0.25) is 15.1 Å². The van der Waals surface area contributed by atoms with E-state index in [0.29, 0.717) is 16.1 Å². The highest BCUT2D eigenvalue weighted by molar-refractivity contribution is 6.35. The van der Waals surface area contributed by atoms with Crippen LogP contribution >= 0.6 is 47.2 Å². The Morgan fingerprint density at radius 1 is 1.00 bits per heavy atom. The van der Waals surface area contributed by atoms with Crippen molar-refractivity contribution in [1.82, 2.24) is 5.32 Å². The molecule has 0 spiro atoms. The van der Waals surface area contributed by atoms with Crippen molar-refractivity contribution in [1.29, 1.82) is 0 Å². The summed E-state index contributed by atoms with van der Waals surface area (Å²) in [5, 5.41) is 5.73. The number of halogens is 4. The minimum atomic E-state index is 0. The third kappa shape index (κ3) is 4.91. The lowest BCUT2D eigenvalue weighted by Gasteiger charge is -2.19. The summed E-state index contributed by atoms with van der Waals surface area (Å²) in [6, 6.07) is 14.1. The second-order valence-corrected chi connectivity index (χ2v) is 6.80. The van der Waals surface area contributed by atoms with E-state index in [9.17, 15) is 0 Å². The van der Waals surface area contributed by atoms with E-state index in [0.717, 1.165) is 36.6 Å². The van der Waals surface area contributed by atoms with Crippen molar-refractivity contribution < 1.29 is 0 Å². The van der Waals surface area contributed by atoms with Crippen molar-refractivity contribution in [2.75, 3.05) is 18.0 Å². The van der Waals surface area contributed by atoms with Gasteiger partial charge in [-0.3, -0.25) is 0 Å². The highest BCUT2D eigenvalue weighted by Crippen LogP contribution is 2.24. The number of hydrogen-bond donors (Lipinski definition) is 1. The summed E-state index contributed by atoms with van der Waals surface area (Å²) in [7, 11) is 0. The summed E-state index contributed by atoms with van der Waals surface area (Å²) in [5.74, 6) is 0. The second kappa shape index (κ2) is 8.46. The Kier molecular flexibility index (Phi) is 6.87. The van der Waals surface area contributed by atoms with Gasteiger partial charge in [0.05, 0.1) is 0 Å². The van der Waals surface area contributed by atoms with Crippen molar-refractivity contribution >= 4 is 52.9 Å². The van der Waals surface area contributed by atoms with Gasteiger partial charge in [-0.1, -0.05) is 40.9 Å². The van der Waals surface area contributed by atoms with E-state index in [1.807, 2.05) is 24.3 Å². The fourth-order valence-corrected chi connectivity index (χ4v) is 3.33. The monoisotopic (exact) mass is 390 g/mol. The van der Waals surface area contributed by atoms with Crippen LogP contribution in [0.1, 0.15) is 12.0 Å². The van der Waals surface area contributed by atoms with Crippen LogP contribution in [0.3, 0.4) is 0 Å². The first-order valence-corrected chi connectivity index (χ1v) is 8.43. The van der Waals surface area contributed by atoms with E-state index in [4.69, 9.17) is 34.8 Å². The molecule has 0 saturated carbocycles. The highest BCUT2D eigenvalue weighted by atomic mass is 35.5. The van der Waals surface area contributed by atoms with Crippen LogP contribution in [0.15, 0.2) is 42.5 Å². The van der Waals surface area contributed by atoms with Gasteiger partial charge in [-0.05, 0) is 48.4 Å². The fraction of sp³-hybridized carbons (Fsp3) is 0.294. The molecule has 1 atom stereocenters. The lowest BCUT2D eigenvalue weighted by Crippen LogP contribution is -2.32. The van der Waals surface area contributed by atoms with Crippen LogP contribution in [0.5, 0.6) is 0 Å². The average Bonchev–Trinajstić information content (AvgIpc) is 2.96. The normalized spacial score (nSPS) is 17.2. The fourth-order valence-electron chi connectivity index (χ4n) is 2.73. The molecule has 23 heavy (non-hydrogen) atoms. The molecule has 0 aromatic heterocycles. The summed E-state index contributed by atoms with van der Waals surface area (Å²) >= 11 is 18.1. The van der Waals surface area contributed by atoms with Crippen LogP contribution < -0.4 is 10.2 Å². The maximum absolute atomic E-state index is 6.21. The Labute approximate surface area is 158 Å². The Morgan fingerprint density at radius 3 is 2.39 bits per heavy atom. The Bertz CT molecular complexity index is 646. The molecule has 0 radical (unpaired) electrons. The molecule has 6 heteroatoms. The summed E-state index contributed by atoms with van der Waals surface area (Å²) in [6.07, 6.45) is 1.12. The molecule has 2 aromatic carbocycles. The number of hydrogen-bond acceptors (Lipinski definition) is 2. The summed E-state index contributed by atoms with van der Waals surface area (Å²) in [4.78, 5) is 2.37. The molecular formula is C17H18Cl4N2. The third-order valence-electron chi connectivity index (χ3n) is 3.98. The lowest BCUT2D eigenvalue weighted by atomic mass is 10.2. The number of benzene rings is 2. The van der Waals surface area contributed by atoms with Gasteiger partial charge in [0.1, 0.15) is 0 Å². The molecule has 2 aromatic rings. The summed E-state index contributed by atoms with van der Waals surface area (Å²) in [5.41, 5.74) is 2.30. The lowest BCUT2D eigenvalue weighted by molar-refractivity contribution is 0.551. The molecule has 0 aliphatic carbocycles. The van der Waals surface area contributed by atoms with Crippen LogP contribution in [0.4, 0.5) is 5.69 Å². The van der Waals surface area contributed by atoms with Crippen molar-refractivity contribution in [3.05, 3.63) is 63.1 Å². The third-order valence-corrected chi connectivity index (χ3v) is 4.82. The number of nitrogens with zero attached hydrogens (tertiary/aromatic N) is 1. The molecule has 1 heterocycles. The Morgan fingerprint density at radius 2 is 1.70 bits per heavy atom. The van der Waals surface area contributed by atoms with Crippen molar-refractivity contribution in [3.63, 3.8) is 0 Å². The van der Waals surface area contributed by atoms with E-state index in [1.54, 1.807) is 6.07 Å². The molecule has 1 saturated heterocycles. The molecule has 3 rings (SSSR count). The standard InChI is InChI=1S/C17H17Cl3N2.ClH/c18-13-3-5-16(6-4-13)22-8-7-15(11-22)21-10-12-1-2-14(19)9-17(12)20;/h1-6,9,15,21H,7-8,10-11H2;1H/t15-;/m0./s1. The van der Waals surface area contributed by atoms with E-state index >= 15 is 0 Å². The van der Waals surface area contributed by atoms with Gasteiger partial charge < -0.3 is 10.2 Å². The van der Waals surface area contributed by atoms with Gasteiger partial charge in [0.25, 0.3) is 0 Å². The molecule has 1 aliphatic heterocycles. The van der Waals surface area contributed by atoms with Crippen LogP contribution in [-0.4, -0.2) is 19.1 Å². The van der Waals surface area contributed by atoms with Crippen LogP contribution in [0, 0.1) is 0 Å². The second-order valence-electron chi connectivity index (χ2n) is 5.52. The first kappa shape index (κ1) is 18.7. The molecule has 0 amide bonds. The number of nitrogens with one attached hydrogen (secondary N) is 1. The topological polar surface area (TPSA) is 15.3 Å². The summed E-state index contributed by atoms with van der Waals surface area (Å²) < 4.78 is 0. The molecule has 2 nitrogen and oxygen atoms in total. The molecule has 124 valence electrons. The van der Waals surface area contributed by atoms with E-state index in [2.05, 4.69) is 22.3 Å². The number of rotatable bonds is 4. The zero-order chi connectivity index (χ0) is 15.5. The smallest absolute Gasteiger partial charge is 0.0465 e. The minimum absolute atomic E-state index is 0. The molecule has 0 bridgehead atoms. The molecule has 1 aliphatic rings.